The van der Waals surface area contributed by atoms with Crippen LogP contribution in [0.15, 0.2) is 53.0 Å². The predicted molar refractivity (Wildman–Crippen MR) is 124 cm³/mol. The summed E-state index contributed by atoms with van der Waals surface area (Å²) in [6.07, 6.45) is 6.43. The zero-order valence-corrected chi connectivity index (χ0v) is 18.9. The molecule has 2 N–H and O–H groups in total. The maximum atomic E-state index is 13.4. The van der Waals surface area contributed by atoms with Gasteiger partial charge in [-0.05, 0) is 64.7 Å². The van der Waals surface area contributed by atoms with Crippen LogP contribution in [0.4, 0.5) is 4.39 Å². The lowest BCUT2D eigenvalue weighted by atomic mass is 10.0. The van der Waals surface area contributed by atoms with Crippen molar-refractivity contribution in [3.8, 4) is 5.75 Å². The van der Waals surface area contributed by atoms with Gasteiger partial charge in [0.15, 0.2) is 0 Å². The predicted octanol–water partition coefficient (Wildman–Crippen LogP) is 3.85. The van der Waals surface area contributed by atoms with Crippen LogP contribution in [-0.4, -0.2) is 55.7 Å². The first-order valence-corrected chi connectivity index (χ1v) is 11.5. The largest absolute Gasteiger partial charge is 0.488 e. The minimum atomic E-state index is -0.367. The van der Waals surface area contributed by atoms with E-state index in [4.69, 9.17) is 4.74 Å². The van der Waals surface area contributed by atoms with Gasteiger partial charge in [-0.3, -0.25) is 9.69 Å². The minimum absolute atomic E-state index is 0.148. The van der Waals surface area contributed by atoms with Crippen molar-refractivity contribution in [2.24, 2.45) is 0 Å². The molecule has 2 aliphatic heterocycles. The van der Waals surface area contributed by atoms with Gasteiger partial charge >= 0.3 is 0 Å². The molecule has 0 saturated carbocycles. The van der Waals surface area contributed by atoms with E-state index in [1.165, 1.54) is 18.2 Å². The van der Waals surface area contributed by atoms with Gasteiger partial charge < -0.3 is 15.4 Å². The Kier molecular flexibility index (Phi) is 7.37. The molecule has 5 nitrogen and oxygen atoms in total. The number of amides is 1. The van der Waals surface area contributed by atoms with Crippen LogP contribution in [0.3, 0.4) is 0 Å². The maximum absolute atomic E-state index is 13.4. The number of likely N-dealkylation sites (tertiary alicyclic amines) is 1. The number of hydrogen-bond acceptors (Lipinski definition) is 4. The minimum Gasteiger partial charge on any atom is -0.488 e. The number of hydrogen-bond donors (Lipinski definition) is 2. The summed E-state index contributed by atoms with van der Waals surface area (Å²) in [7, 11) is 0. The molecule has 2 saturated heterocycles. The summed E-state index contributed by atoms with van der Waals surface area (Å²) in [4.78, 5) is 14.8. The molecule has 2 fully saturated rings. The van der Waals surface area contributed by atoms with Crippen LogP contribution < -0.4 is 15.4 Å². The van der Waals surface area contributed by atoms with E-state index in [-0.39, 0.29) is 17.8 Å². The Morgan fingerprint density at radius 2 is 1.94 bits per heavy atom. The SMILES string of the molecule is O=C(NC1CCN(C/C=C/c2ccc(OC3CNC3)cc2)CC1)c1ccc(F)c(Br)c1. The molecule has 2 aromatic rings. The molecule has 2 aliphatic rings. The number of nitrogens with zero attached hydrogens (tertiary/aromatic N) is 1. The molecule has 31 heavy (non-hydrogen) atoms. The van der Waals surface area contributed by atoms with E-state index < -0.39 is 0 Å². The van der Waals surface area contributed by atoms with Gasteiger partial charge in [0.25, 0.3) is 5.91 Å². The number of carbonyl (C=O) groups excluding carboxylic acids is 1. The average Bonchev–Trinajstić information content (AvgIpc) is 2.75. The lowest BCUT2D eigenvalue weighted by Crippen LogP contribution is -2.50. The monoisotopic (exact) mass is 487 g/mol. The zero-order chi connectivity index (χ0) is 21.6. The van der Waals surface area contributed by atoms with Crippen LogP contribution in [-0.2, 0) is 0 Å². The number of nitrogens with one attached hydrogen (secondary N) is 2. The summed E-state index contributed by atoms with van der Waals surface area (Å²) in [5.41, 5.74) is 1.63. The molecule has 7 heteroatoms. The van der Waals surface area contributed by atoms with Gasteiger partial charge in [-0.15, -0.1) is 0 Å². The van der Waals surface area contributed by atoms with Crippen molar-refractivity contribution in [1.29, 1.82) is 0 Å². The zero-order valence-electron chi connectivity index (χ0n) is 17.3. The second-order valence-electron chi connectivity index (χ2n) is 8.05. The lowest BCUT2D eigenvalue weighted by Gasteiger charge is -2.31. The van der Waals surface area contributed by atoms with Gasteiger partial charge in [0.2, 0.25) is 0 Å². The van der Waals surface area contributed by atoms with Crippen molar-refractivity contribution < 1.29 is 13.9 Å². The molecule has 2 aromatic carbocycles. The molecule has 0 unspecified atom stereocenters. The maximum Gasteiger partial charge on any atom is 0.251 e. The standard InChI is InChI=1S/C24H27BrFN3O2/c25-22-14-18(5-8-23(22)26)24(30)28-19-9-12-29(13-10-19)11-1-2-17-3-6-20(7-4-17)31-21-15-27-16-21/h1-8,14,19,21,27H,9-13,15-16H2,(H,28,30)/b2-1+. The molecule has 0 aromatic heterocycles. The summed E-state index contributed by atoms with van der Waals surface area (Å²) in [6.45, 7) is 4.60. The first-order chi connectivity index (χ1) is 15.1. The van der Waals surface area contributed by atoms with Gasteiger partial charge in [-0.2, -0.15) is 0 Å². The number of ether oxygens (including phenoxy) is 1. The fraction of sp³-hybridized carbons (Fsp3) is 0.375. The van der Waals surface area contributed by atoms with Crippen molar-refractivity contribution in [1.82, 2.24) is 15.5 Å². The molecule has 4 rings (SSSR count). The fourth-order valence-electron chi connectivity index (χ4n) is 3.70. The van der Waals surface area contributed by atoms with E-state index >= 15 is 0 Å². The number of rotatable bonds is 7. The topological polar surface area (TPSA) is 53.6 Å². The molecule has 0 spiro atoms. The summed E-state index contributed by atoms with van der Waals surface area (Å²) in [5.74, 6) is 0.397. The first kappa shape index (κ1) is 22.0. The average molecular weight is 488 g/mol. The Balaban J connectivity index is 1.18. The van der Waals surface area contributed by atoms with Crippen LogP contribution >= 0.6 is 15.9 Å². The van der Waals surface area contributed by atoms with Crippen LogP contribution in [0.2, 0.25) is 0 Å². The molecule has 0 bridgehead atoms. The quantitative estimate of drug-likeness (QED) is 0.622. The highest BCUT2D eigenvalue weighted by Gasteiger charge is 2.21. The highest BCUT2D eigenvalue weighted by molar-refractivity contribution is 9.10. The van der Waals surface area contributed by atoms with Gasteiger partial charge in [0.1, 0.15) is 17.7 Å². The van der Waals surface area contributed by atoms with Gasteiger partial charge in [-0.25, -0.2) is 4.39 Å². The summed E-state index contributed by atoms with van der Waals surface area (Å²) < 4.78 is 19.5. The summed E-state index contributed by atoms with van der Waals surface area (Å²) in [5, 5.41) is 6.27. The normalized spacial score (nSPS) is 18.1. The highest BCUT2D eigenvalue weighted by Crippen LogP contribution is 2.18. The summed E-state index contributed by atoms with van der Waals surface area (Å²) >= 11 is 3.13. The van der Waals surface area contributed by atoms with Crippen LogP contribution in [0.25, 0.3) is 6.08 Å². The van der Waals surface area contributed by atoms with Crippen molar-refractivity contribution in [2.75, 3.05) is 32.7 Å². The Morgan fingerprint density at radius 3 is 2.58 bits per heavy atom. The second kappa shape index (κ2) is 10.4. The third kappa shape index (κ3) is 6.15. The summed E-state index contributed by atoms with van der Waals surface area (Å²) in [6, 6.07) is 12.7. The Hall–Kier alpha value is -2.22. The van der Waals surface area contributed by atoms with Crippen molar-refractivity contribution >= 4 is 27.9 Å². The van der Waals surface area contributed by atoms with Crippen LogP contribution in [0, 0.1) is 5.82 Å². The van der Waals surface area contributed by atoms with Crippen molar-refractivity contribution in [3.05, 3.63) is 70.0 Å². The van der Waals surface area contributed by atoms with Crippen molar-refractivity contribution in [2.45, 2.75) is 25.0 Å². The second-order valence-corrected chi connectivity index (χ2v) is 8.90. The van der Waals surface area contributed by atoms with E-state index in [0.717, 1.165) is 56.9 Å². The Morgan fingerprint density at radius 1 is 1.19 bits per heavy atom. The molecule has 1 amide bonds. The van der Waals surface area contributed by atoms with Gasteiger partial charge in [0, 0.05) is 44.3 Å². The van der Waals surface area contributed by atoms with Crippen molar-refractivity contribution in [3.63, 3.8) is 0 Å². The first-order valence-electron chi connectivity index (χ1n) is 10.7. The van der Waals surface area contributed by atoms with Gasteiger partial charge in [-0.1, -0.05) is 24.3 Å². The van der Waals surface area contributed by atoms with E-state index in [0.29, 0.717) is 16.1 Å². The smallest absolute Gasteiger partial charge is 0.251 e. The van der Waals surface area contributed by atoms with Crippen LogP contribution in [0.1, 0.15) is 28.8 Å². The fourth-order valence-corrected chi connectivity index (χ4v) is 4.08. The molecule has 0 aliphatic carbocycles. The van der Waals surface area contributed by atoms with E-state index in [1.807, 2.05) is 12.1 Å². The third-order valence-corrected chi connectivity index (χ3v) is 6.31. The van der Waals surface area contributed by atoms with Gasteiger partial charge in [0.05, 0.1) is 4.47 Å². The number of piperidine rings is 1. The third-order valence-electron chi connectivity index (χ3n) is 5.71. The van der Waals surface area contributed by atoms with E-state index in [2.05, 4.69) is 55.7 Å². The molecular formula is C24H27BrFN3O2. The van der Waals surface area contributed by atoms with E-state index in [9.17, 15) is 9.18 Å². The van der Waals surface area contributed by atoms with E-state index in [1.54, 1.807) is 0 Å². The Bertz CT molecular complexity index is 923. The van der Waals surface area contributed by atoms with Crippen LogP contribution in [0.5, 0.6) is 5.75 Å². The Labute approximate surface area is 190 Å². The number of carbonyl (C=O) groups is 1. The number of benzene rings is 2. The lowest BCUT2D eigenvalue weighted by molar-refractivity contribution is 0.0914. The highest BCUT2D eigenvalue weighted by atomic mass is 79.9. The molecule has 164 valence electrons. The molecule has 0 atom stereocenters. The number of halogens is 2. The molecule has 2 heterocycles. The molecular weight excluding hydrogens is 461 g/mol. The molecule has 0 radical (unpaired) electrons.